The Morgan fingerprint density at radius 2 is 1.61 bits per heavy atom. The van der Waals surface area contributed by atoms with E-state index >= 15 is 0 Å². The van der Waals surface area contributed by atoms with E-state index in [9.17, 15) is 9.59 Å². The number of esters is 1. The second-order valence-electron chi connectivity index (χ2n) is 7.13. The molecule has 2 aromatic rings. The van der Waals surface area contributed by atoms with Crippen LogP contribution in [0.1, 0.15) is 37.0 Å². The lowest BCUT2D eigenvalue weighted by atomic mass is 10.0. The van der Waals surface area contributed by atoms with Gasteiger partial charge in [-0.1, -0.05) is 67.8 Å². The van der Waals surface area contributed by atoms with Gasteiger partial charge in [-0.25, -0.2) is 4.79 Å². The Bertz CT molecular complexity index is 977. The van der Waals surface area contributed by atoms with Crippen molar-refractivity contribution in [2.45, 2.75) is 26.7 Å². The molecule has 0 radical (unpaired) electrons. The first kappa shape index (κ1) is 23.6. The molecule has 0 saturated heterocycles. The molecule has 2 rings (SSSR count). The molecule has 0 amide bonds. The first-order valence-electron chi connectivity index (χ1n) is 10.1. The minimum absolute atomic E-state index is 0.343. The molecule has 0 aliphatic heterocycles. The lowest BCUT2D eigenvalue weighted by Crippen LogP contribution is -2.06. The van der Waals surface area contributed by atoms with Crippen LogP contribution in [0.3, 0.4) is 0 Å². The second kappa shape index (κ2) is 12.1. The molecule has 160 valence electrons. The van der Waals surface area contributed by atoms with Gasteiger partial charge in [0.15, 0.2) is 0 Å². The summed E-state index contributed by atoms with van der Waals surface area (Å²) in [7, 11) is 0. The molecular formula is C27H28O4. The van der Waals surface area contributed by atoms with Gasteiger partial charge < -0.3 is 9.47 Å². The monoisotopic (exact) mass is 416 g/mol. The van der Waals surface area contributed by atoms with Gasteiger partial charge in [-0.15, -0.1) is 0 Å². The normalized spacial score (nSPS) is 11.5. The highest BCUT2D eigenvalue weighted by atomic mass is 16.5. The van der Waals surface area contributed by atoms with Gasteiger partial charge in [0.25, 0.3) is 6.47 Å². The van der Waals surface area contributed by atoms with E-state index in [0.29, 0.717) is 24.4 Å². The number of hydrogen-bond acceptors (Lipinski definition) is 4. The van der Waals surface area contributed by atoms with Crippen molar-refractivity contribution in [1.29, 1.82) is 0 Å². The van der Waals surface area contributed by atoms with Crippen molar-refractivity contribution < 1.29 is 19.1 Å². The Kier molecular flexibility index (Phi) is 9.24. The van der Waals surface area contributed by atoms with Crippen LogP contribution in [0.25, 0.3) is 11.1 Å². The van der Waals surface area contributed by atoms with Gasteiger partial charge in [0.05, 0.1) is 6.61 Å². The minimum atomic E-state index is -0.343. The van der Waals surface area contributed by atoms with E-state index in [0.717, 1.165) is 35.1 Å². The summed E-state index contributed by atoms with van der Waals surface area (Å²) in [6, 6.07) is 15.6. The van der Waals surface area contributed by atoms with Gasteiger partial charge in [0, 0.05) is 5.57 Å². The van der Waals surface area contributed by atoms with Crippen LogP contribution >= 0.6 is 0 Å². The zero-order chi connectivity index (χ0) is 22.6. The molecule has 0 saturated carbocycles. The molecular weight excluding hydrogens is 388 g/mol. The lowest BCUT2D eigenvalue weighted by molar-refractivity contribution is -0.139. The van der Waals surface area contributed by atoms with Crippen molar-refractivity contribution in [2.24, 2.45) is 0 Å². The van der Waals surface area contributed by atoms with E-state index < -0.39 is 0 Å². The summed E-state index contributed by atoms with van der Waals surface area (Å²) in [5, 5.41) is 0. The number of carbonyl (C=O) groups is 2. The minimum Gasteiger partial charge on any atom is -0.462 e. The molecule has 0 aliphatic rings. The third-order valence-electron chi connectivity index (χ3n) is 4.71. The van der Waals surface area contributed by atoms with E-state index in [1.54, 1.807) is 19.1 Å². The lowest BCUT2D eigenvalue weighted by Gasteiger charge is -2.07. The number of carbonyl (C=O) groups excluding carboxylic acids is 2. The Morgan fingerprint density at radius 1 is 0.968 bits per heavy atom. The van der Waals surface area contributed by atoms with E-state index in [1.807, 2.05) is 37.3 Å². The molecule has 0 heterocycles. The molecule has 0 aliphatic carbocycles. The van der Waals surface area contributed by atoms with Crippen molar-refractivity contribution in [3.8, 4) is 5.75 Å². The number of ether oxygens (including phenoxy) is 2. The van der Waals surface area contributed by atoms with E-state index in [4.69, 9.17) is 9.47 Å². The number of benzene rings is 2. The van der Waals surface area contributed by atoms with Crippen LogP contribution in [-0.2, 0) is 20.7 Å². The number of allylic oxidation sites excluding steroid dienone is 5. The summed E-state index contributed by atoms with van der Waals surface area (Å²) in [6.07, 6.45) is 7.50. The smallest absolute Gasteiger partial charge is 0.333 e. The van der Waals surface area contributed by atoms with Gasteiger partial charge in [-0.3, -0.25) is 4.79 Å². The summed E-state index contributed by atoms with van der Waals surface area (Å²) in [6.45, 7) is 12.0. The average Bonchev–Trinajstić information content (AvgIpc) is 2.78. The maximum Gasteiger partial charge on any atom is 0.333 e. The summed E-state index contributed by atoms with van der Waals surface area (Å²) in [5.41, 5.74) is 5.82. The fourth-order valence-electron chi connectivity index (χ4n) is 2.87. The van der Waals surface area contributed by atoms with Crippen LogP contribution in [0.5, 0.6) is 5.75 Å². The summed E-state index contributed by atoms with van der Waals surface area (Å²) in [4.78, 5) is 21.8. The summed E-state index contributed by atoms with van der Waals surface area (Å²) >= 11 is 0. The third kappa shape index (κ3) is 7.59. The fraction of sp³-hybridized carbons (Fsp3) is 0.185. The average molecular weight is 417 g/mol. The first-order valence-corrected chi connectivity index (χ1v) is 10.1. The standard InChI is InChI=1S/C27H28O4/c1-5-23(11-8-21(4)24-14-16-26(17-15-24)31-19-28)25-12-9-22(10-13-25)7-6-18-30-27(29)20(2)3/h5,8-17,19H,1-2,6-7,18H2,3-4H3/b21-8+,23-11+. The van der Waals surface area contributed by atoms with Gasteiger partial charge in [0.1, 0.15) is 5.75 Å². The molecule has 0 N–H and O–H groups in total. The molecule has 4 heteroatoms. The topological polar surface area (TPSA) is 52.6 Å². The largest absolute Gasteiger partial charge is 0.462 e. The Labute approximate surface area is 184 Å². The predicted octanol–water partition coefficient (Wildman–Crippen LogP) is 5.95. The Hall–Kier alpha value is -3.66. The van der Waals surface area contributed by atoms with Gasteiger partial charge in [0.2, 0.25) is 0 Å². The SMILES string of the molecule is C=C/C(=C\C=C(/C)c1ccc(OC=O)cc1)c1ccc(CCCOC(=O)C(=C)C)cc1. The van der Waals surface area contributed by atoms with Gasteiger partial charge >= 0.3 is 5.97 Å². The van der Waals surface area contributed by atoms with Crippen molar-refractivity contribution >= 4 is 23.6 Å². The van der Waals surface area contributed by atoms with Gasteiger partial charge in [-0.2, -0.15) is 0 Å². The Balaban J connectivity index is 1.99. The molecule has 4 nitrogen and oxygen atoms in total. The van der Waals surface area contributed by atoms with E-state index in [2.05, 4.69) is 37.4 Å². The fourth-order valence-corrected chi connectivity index (χ4v) is 2.87. The van der Waals surface area contributed by atoms with Crippen LogP contribution < -0.4 is 4.74 Å². The zero-order valence-electron chi connectivity index (χ0n) is 18.1. The highest BCUT2D eigenvalue weighted by Crippen LogP contribution is 2.21. The van der Waals surface area contributed by atoms with Crippen molar-refractivity contribution in [1.82, 2.24) is 0 Å². The van der Waals surface area contributed by atoms with Crippen LogP contribution in [0, 0.1) is 0 Å². The highest BCUT2D eigenvalue weighted by molar-refractivity contribution is 5.86. The first-order chi connectivity index (χ1) is 14.9. The summed E-state index contributed by atoms with van der Waals surface area (Å²) < 4.78 is 9.95. The molecule has 0 fully saturated rings. The highest BCUT2D eigenvalue weighted by Gasteiger charge is 2.03. The van der Waals surface area contributed by atoms with Crippen LogP contribution in [0.2, 0.25) is 0 Å². The van der Waals surface area contributed by atoms with Gasteiger partial charge in [-0.05, 0) is 66.7 Å². The quantitative estimate of drug-likeness (QED) is 0.149. The Morgan fingerprint density at radius 3 is 2.19 bits per heavy atom. The molecule has 2 aromatic carbocycles. The molecule has 0 spiro atoms. The van der Waals surface area contributed by atoms with Crippen LogP contribution in [-0.4, -0.2) is 19.0 Å². The van der Waals surface area contributed by atoms with Crippen molar-refractivity contribution in [3.63, 3.8) is 0 Å². The van der Waals surface area contributed by atoms with Crippen LogP contribution in [0.15, 0.2) is 85.5 Å². The molecule has 0 bridgehead atoms. The third-order valence-corrected chi connectivity index (χ3v) is 4.71. The predicted molar refractivity (Wildman–Crippen MR) is 125 cm³/mol. The van der Waals surface area contributed by atoms with Crippen molar-refractivity contribution in [2.75, 3.05) is 6.61 Å². The number of aryl methyl sites for hydroxylation is 1. The van der Waals surface area contributed by atoms with Crippen molar-refractivity contribution in [3.05, 3.63) is 102 Å². The number of hydrogen-bond donors (Lipinski definition) is 0. The van der Waals surface area contributed by atoms with Crippen LogP contribution in [0.4, 0.5) is 0 Å². The maximum atomic E-state index is 11.4. The molecule has 31 heavy (non-hydrogen) atoms. The molecule has 0 aromatic heterocycles. The molecule has 0 unspecified atom stereocenters. The molecule has 0 atom stereocenters. The zero-order valence-corrected chi connectivity index (χ0v) is 18.1. The summed E-state index contributed by atoms with van der Waals surface area (Å²) in [5.74, 6) is 0.174. The van der Waals surface area contributed by atoms with E-state index in [1.165, 1.54) is 5.56 Å². The van der Waals surface area contributed by atoms with E-state index in [-0.39, 0.29) is 5.97 Å². The number of rotatable bonds is 11. The second-order valence-corrected chi connectivity index (χ2v) is 7.13. The maximum absolute atomic E-state index is 11.4.